The summed E-state index contributed by atoms with van der Waals surface area (Å²) < 4.78 is 4.72. The van der Waals surface area contributed by atoms with Crippen molar-refractivity contribution in [2.24, 2.45) is 0 Å². The molecule has 0 aliphatic heterocycles. The quantitative estimate of drug-likeness (QED) is 0.203. The number of para-hydroxylation sites is 2. The number of fused-ring (bicyclic) bond motifs is 13. The highest BCUT2D eigenvalue weighted by Crippen LogP contribution is 2.47. The molecule has 0 aliphatic carbocycles. The maximum atomic E-state index is 5.34. The number of rotatable bonds is 2. The second-order valence-electron chi connectivity index (χ2n) is 12.0. The van der Waals surface area contributed by atoms with Crippen molar-refractivity contribution in [2.75, 3.05) is 0 Å². The van der Waals surface area contributed by atoms with E-state index in [2.05, 4.69) is 130 Å². The standard InChI is InChI=1S/C41H23N5/c1-2-12-25(13-3-1)38-29-17-10-22-42-40(29)44-41(43-38)46-33-21-20-24-11-4-5-14-26(24)35(33)37-34(46)23-30-27-15-6-8-18-31(27)45-32-19-9-7-16-28(32)36(37)39(30)45/h1-23H. The Morgan fingerprint density at radius 1 is 0.457 bits per heavy atom. The Morgan fingerprint density at radius 3 is 2.04 bits per heavy atom. The summed E-state index contributed by atoms with van der Waals surface area (Å²) in [4.78, 5) is 15.2. The molecule has 5 heterocycles. The molecule has 46 heavy (non-hydrogen) atoms. The van der Waals surface area contributed by atoms with Gasteiger partial charge in [-0.25, -0.2) is 9.97 Å². The van der Waals surface area contributed by atoms with Crippen molar-refractivity contribution < 1.29 is 0 Å². The van der Waals surface area contributed by atoms with E-state index in [0.717, 1.165) is 27.7 Å². The molecule has 6 aromatic carbocycles. The van der Waals surface area contributed by atoms with E-state index >= 15 is 0 Å². The van der Waals surface area contributed by atoms with E-state index in [1.165, 1.54) is 59.6 Å². The summed E-state index contributed by atoms with van der Waals surface area (Å²) in [6.07, 6.45) is 1.81. The molecule has 0 unspecified atom stereocenters. The van der Waals surface area contributed by atoms with Crippen molar-refractivity contribution in [1.29, 1.82) is 0 Å². The highest BCUT2D eigenvalue weighted by molar-refractivity contribution is 6.38. The van der Waals surface area contributed by atoms with Gasteiger partial charge in [0.25, 0.3) is 0 Å². The Balaban J connectivity index is 1.42. The molecule has 0 spiro atoms. The van der Waals surface area contributed by atoms with Crippen molar-refractivity contribution in [2.45, 2.75) is 0 Å². The number of nitrogens with zero attached hydrogens (tertiary/aromatic N) is 5. The van der Waals surface area contributed by atoms with Crippen molar-refractivity contribution in [3.63, 3.8) is 0 Å². The number of hydrogen-bond acceptors (Lipinski definition) is 3. The first-order valence-corrected chi connectivity index (χ1v) is 15.6. The summed E-state index contributed by atoms with van der Waals surface area (Å²) in [5.74, 6) is 0.613. The van der Waals surface area contributed by atoms with Gasteiger partial charge in [-0.15, -0.1) is 0 Å². The molecule has 0 atom stereocenters. The Labute approximate surface area is 261 Å². The second-order valence-corrected chi connectivity index (χ2v) is 12.0. The van der Waals surface area contributed by atoms with Crippen LogP contribution in [0.2, 0.25) is 0 Å². The third-order valence-corrected chi connectivity index (χ3v) is 9.70. The smallest absolute Gasteiger partial charge is 0.237 e. The predicted molar refractivity (Wildman–Crippen MR) is 189 cm³/mol. The third kappa shape index (κ3) is 2.97. The Kier molecular flexibility index (Phi) is 4.52. The van der Waals surface area contributed by atoms with Gasteiger partial charge in [-0.2, -0.15) is 4.98 Å². The van der Waals surface area contributed by atoms with Gasteiger partial charge in [-0.3, -0.25) is 4.57 Å². The van der Waals surface area contributed by atoms with Gasteiger partial charge in [0, 0.05) is 49.5 Å². The zero-order valence-corrected chi connectivity index (χ0v) is 24.5. The summed E-state index contributed by atoms with van der Waals surface area (Å²) >= 11 is 0. The summed E-state index contributed by atoms with van der Waals surface area (Å²) in [6, 6.07) is 47.4. The zero-order valence-electron chi connectivity index (χ0n) is 24.5. The van der Waals surface area contributed by atoms with Crippen molar-refractivity contribution in [3.8, 4) is 17.2 Å². The van der Waals surface area contributed by atoms with Gasteiger partial charge < -0.3 is 4.40 Å². The first kappa shape index (κ1) is 24.0. The lowest BCUT2D eigenvalue weighted by atomic mass is 9.99. The Morgan fingerprint density at radius 2 is 1.17 bits per heavy atom. The Bertz CT molecular complexity index is 3020. The minimum atomic E-state index is 0.613. The fourth-order valence-electron chi connectivity index (χ4n) is 7.86. The van der Waals surface area contributed by atoms with Gasteiger partial charge in [0.15, 0.2) is 5.65 Å². The molecule has 5 aromatic heterocycles. The van der Waals surface area contributed by atoms with Crippen LogP contribution in [-0.2, 0) is 0 Å². The van der Waals surface area contributed by atoms with Crippen LogP contribution >= 0.6 is 0 Å². The van der Waals surface area contributed by atoms with Gasteiger partial charge in [0.1, 0.15) is 0 Å². The SMILES string of the molecule is c1ccc(-c2nc(-n3c4ccc5ccccc5c4c4c5c6ccccc6n6c7ccccc7c(cc43)c56)nc3ncccc23)cc1. The molecule has 0 radical (unpaired) electrons. The van der Waals surface area contributed by atoms with Crippen LogP contribution in [0.25, 0.3) is 98.9 Å². The molecule has 11 rings (SSSR count). The van der Waals surface area contributed by atoms with Crippen molar-refractivity contribution in [3.05, 3.63) is 140 Å². The number of benzene rings is 6. The van der Waals surface area contributed by atoms with Gasteiger partial charge in [0.05, 0.1) is 33.3 Å². The number of aromatic nitrogens is 5. The molecular formula is C41H23N5. The number of hydrogen-bond donors (Lipinski definition) is 0. The van der Waals surface area contributed by atoms with Crippen LogP contribution in [0.15, 0.2) is 140 Å². The van der Waals surface area contributed by atoms with Gasteiger partial charge >= 0.3 is 0 Å². The third-order valence-electron chi connectivity index (χ3n) is 9.70. The van der Waals surface area contributed by atoms with Crippen LogP contribution < -0.4 is 0 Å². The minimum absolute atomic E-state index is 0.613. The molecule has 212 valence electrons. The normalized spacial score (nSPS) is 12.3. The van der Waals surface area contributed by atoms with Crippen LogP contribution in [0.1, 0.15) is 0 Å². The maximum Gasteiger partial charge on any atom is 0.237 e. The molecule has 0 bridgehead atoms. The summed E-state index contributed by atoms with van der Waals surface area (Å²) in [7, 11) is 0. The maximum absolute atomic E-state index is 5.34. The largest absolute Gasteiger partial charge is 0.308 e. The first-order valence-electron chi connectivity index (χ1n) is 15.6. The lowest BCUT2D eigenvalue weighted by Gasteiger charge is -2.11. The Hall–Kier alpha value is -6.33. The van der Waals surface area contributed by atoms with Crippen LogP contribution in [0.5, 0.6) is 0 Å². The van der Waals surface area contributed by atoms with E-state index in [1.807, 2.05) is 18.3 Å². The van der Waals surface area contributed by atoms with E-state index < -0.39 is 0 Å². The fraction of sp³-hybridized carbons (Fsp3) is 0. The molecular weight excluding hydrogens is 562 g/mol. The van der Waals surface area contributed by atoms with Crippen LogP contribution in [0.3, 0.4) is 0 Å². The molecule has 5 nitrogen and oxygen atoms in total. The molecule has 0 amide bonds. The second kappa shape index (κ2) is 8.65. The number of pyridine rings is 1. The lowest BCUT2D eigenvalue weighted by Crippen LogP contribution is -2.04. The van der Waals surface area contributed by atoms with Gasteiger partial charge in [0.2, 0.25) is 5.95 Å². The average Bonchev–Trinajstić information content (AvgIpc) is 3.76. The topological polar surface area (TPSA) is 48.0 Å². The summed E-state index contributed by atoms with van der Waals surface area (Å²) in [5.41, 5.74) is 8.44. The molecule has 0 saturated heterocycles. The van der Waals surface area contributed by atoms with Crippen molar-refractivity contribution in [1.82, 2.24) is 23.9 Å². The highest BCUT2D eigenvalue weighted by atomic mass is 15.2. The molecule has 0 saturated carbocycles. The summed E-state index contributed by atoms with van der Waals surface area (Å²) in [6.45, 7) is 0. The fourth-order valence-corrected chi connectivity index (χ4v) is 7.86. The predicted octanol–water partition coefficient (Wildman–Crippen LogP) is 10.1. The zero-order chi connectivity index (χ0) is 29.9. The van der Waals surface area contributed by atoms with E-state index in [1.54, 1.807) is 0 Å². The molecule has 0 N–H and O–H groups in total. The summed E-state index contributed by atoms with van der Waals surface area (Å²) in [5, 5.41) is 10.8. The van der Waals surface area contributed by atoms with E-state index in [-0.39, 0.29) is 0 Å². The molecule has 0 fully saturated rings. The van der Waals surface area contributed by atoms with Crippen molar-refractivity contribution >= 4 is 81.7 Å². The van der Waals surface area contributed by atoms with Crippen LogP contribution in [0.4, 0.5) is 0 Å². The van der Waals surface area contributed by atoms with Gasteiger partial charge in [-0.05, 0) is 47.2 Å². The monoisotopic (exact) mass is 585 g/mol. The van der Waals surface area contributed by atoms with E-state index in [4.69, 9.17) is 15.0 Å². The average molecular weight is 586 g/mol. The van der Waals surface area contributed by atoms with E-state index in [9.17, 15) is 0 Å². The van der Waals surface area contributed by atoms with Crippen LogP contribution in [-0.4, -0.2) is 23.9 Å². The molecule has 0 aliphatic rings. The highest BCUT2D eigenvalue weighted by Gasteiger charge is 2.26. The first-order chi connectivity index (χ1) is 22.8. The molecule has 5 heteroatoms. The minimum Gasteiger partial charge on any atom is -0.308 e. The molecule has 11 aromatic rings. The van der Waals surface area contributed by atoms with Gasteiger partial charge in [-0.1, -0.05) is 97.1 Å². The lowest BCUT2D eigenvalue weighted by molar-refractivity contribution is 1.01. The van der Waals surface area contributed by atoms with Crippen LogP contribution in [0, 0.1) is 0 Å². The van der Waals surface area contributed by atoms with E-state index in [0.29, 0.717) is 11.6 Å².